The topological polar surface area (TPSA) is 78.0 Å². The van der Waals surface area contributed by atoms with E-state index in [2.05, 4.69) is 4.98 Å². The number of nitrogens with zero attached hydrogens (tertiary/aromatic N) is 2. The average molecular weight is 449 g/mol. The van der Waals surface area contributed by atoms with E-state index in [4.69, 9.17) is 25.8 Å². The molecule has 30 heavy (non-hydrogen) atoms. The highest BCUT2D eigenvalue weighted by Crippen LogP contribution is 2.39. The molecule has 158 valence electrons. The van der Waals surface area contributed by atoms with Gasteiger partial charge < -0.3 is 19.1 Å². The number of fused-ring (bicyclic) bond motifs is 1. The summed E-state index contributed by atoms with van der Waals surface area (Å²) in [7, 11) is -0.940. The van der Waals surface area contributed by atoms with Crippen LogP contribution in [0.2, 0.25) is 5.02 Å². The Bertz CT molecular complexity index is 1190. The number of aromatic nitrogens is 1. The van der Waals surface area contributed by atoms with Gasteiger partial charge in [-0.25, -0.2) is 8.42 Å². The number of sulfone groups is 1. The summed E-state index contributed by atoms with van der Waals surface area (Å²) in [5, 5.41) is 1.20. The fraction of sp³-hybridized carbons (Fsp3) is 0.286. The average Bonchev–Trinajstić information content (AvgIpc) is 2.78. The highest BCUT2D eigenvalue weighted by molar-refractivity contribution is 7.91. The molecule has 1 aromatic heterocycles. The Morgan fingerprint density at radius 3 is 2.47 bits per heavy atom. The Morgan fingerprint density at radius 1 is 1.03 bits per heavy atom. The lowest BCUT2D eigenvalue weighted by atomic mass is 10.1. The number of hydrogen-bond acceptors (Lipinski definition) is 7. The summed E-state index contributed by atoms with van der Waals surface area (Å²) < 4.78 is 43.3. The van der Waals surface area contributed by atoms with Crippen molar-refractivity contribution >= 4 is 38.0 Å². The first-order valence-electron chi connectivity index (χ1n) is 9.34. The third kappa shape index (κ3) is 3.66. The van der Waals surface area contributed by atoms with Crippen molar-refractivity contribution in [2.24, 2.45) is 0 Å². The maximum atomic E-state index is 13.7. The van der Waals surface area contributed by atoms with Crippen LogP contribution in [0.5, 0.6) is 11.5 Å². The van der Waals surface area contributed by atoms with E-state index in [1.165, 1.54) is 32.5 Å². The van der Waals surface area contributed by atoms with Crippen LogP contribution in [0, 0.1) is 0 Å². The van der Waals surface area contributed by atoms with E-state index in [9.17, 15) is 8.42 Å². The van der Waals surface area contributed by atoms with Crippen molar-refractivity contribution in [2.45, 2.75) is 9.79 Å². The molecule has 4 rings (SSSR count). The molecule has 9 heteroatoms. The minimum atomic E-state index is -3.90. The van der Waals surface area contributed by atoms with Gasteiger partial charge in [0, 0.05) is 35.8 Å². The summed E-state index contributed by atoms with van der Waals surface area (Å²) in [6.07, 6.45) is 1.41. The number of morpholine rings is 1. The lowest BCUT2D eigenvalue weighted by Gasteiger charge is -2.31. The van der Waals surface area contributed by atoms with Crippen LogP contribution in [0.15, 0.2) is 52.4 Å². The zero-order valence-corrected chi connectivity index (χ0v) is 18.2. The Balaban J connectivity index is 1.95. The summed E-state index contributed by atoms with van der Waals surface area (Å²) in [5.41, 5.74) is 1.26. The van der Waals surface area contributed by atoms with Crippen LogP contribution in [-0.2, 0) is 14.6 Å². The number of pyridine rings is 1. The van der Waals surface area contributed by atoms with Gasteiger partial charge in [-0.05, 0) is 30.3 Å². The molecule has 1 fully saturated rings. The van der Waals surface area contributed by atoms with Gasteiger partial charge in [0.05, 0.1) is 43.5 Å². The highest BCUT2D eigenvalue weighted by Gasteiger charge is 2.28. The largest absolute Gasteiger partial charge is 0.493 e. The molecule has 0 spiro atoms. The molecule has 0 aliphatic carbocycles. The second kappa shape index (κ2) is 8.29. The van der Waals surface area contributed by atoms with E-state index in [0.717, 1.165) is 0 Å². The standard InChI is InChI=1S/C21H21ClN2O5S/c1-27-18-6-4-15(12-19(18)28-2)30(25,26)20-13-23-17-5-3-14(22)11-16(17)21(20)24-7-9-29-10-8-24/h3-6,11-13H,7-10H2,1-2H3. The molecular formula is C21H21ClN2O5S. The molecule has 1 aliphatic heterocycles. The summed E-state index contributed by atoms with van der Waals surface area (Å²) in [5.74, 6) is 0.788. The van der Waals surface area contributed by atoms with Gasteiger partial charge in [0.15, 0.2) is 11.5 Å². The number of benzene rings is 2. The monoisotopic (exact) mass is 448 g/mol. The van der Waals surface area contributed by atoms with E-state index in [1.54, 1.807) is 24.3 Å². The summed E-state index contributed by atoms with van der Waals surface area (Å²) in [6.45, 7) is 2.17. The maximum absolute atomic E-state index is 13.7. The SMILES string of the molecule is COc1ccc(S(=O)(=O)c2cnc3ccc(Cl)cc3c2N2CCOCC2)cc1OC. The minimum absolute atomic E-state index is 0.0952. The van der Waals surface area contributed by atoms with Gasteiger partial charge in [0.25, 0.3) is 0 Å². The number of ether oxygens (including phenoxy) is 3. The van der Waals surface area contributed by atoms with E-state index in [-0.39, 0.29) is 9.79 Å². The molecule has 0 saturated carbocycles. The molecule has 0 atom stereocenters. The third-order valence-corrected chi connectivity index (χ3v) is 7.04. The van der Waals surface area contributed by atoms with Crippen molar-refractivity contribution in [2.75, 3.05) is 45.4 Å². The number of halogens is 1. The van der Waals surface area contributed by atoms with Gasteiger partial charge in [0.1, 0.15) is 4.90 Å². The van der Waals surface area contributed by atoms with E-state index >= 15 is 0 Å². The smallest absolute Gasteiger partial charge is 0.210 e. The second-order valence-corrected chi connectivity index (χ2v) is 9.11. The predicted octanol–water partition coefficient (Wildman–Crippen LogP) is 3.57. The van der Waals surface area contributed by atoms with Gasteiger partial charge in [-0.2, -0.15) is 0 Å². The molecular weight excluding hydrogens is 428 g/mol. The van der Waals surface area contributed by atoms with Crippen LogP contribution in [-0.4, -0.2) is 53.9 Å². The molecule has 2 heterocycles. The molecule has 2 aromatic carbocycles. The molecule has 3 aromatic rings. The fourth-order valence-corrected chi connectivity index (χ4v) is 5.17. The van der Waals surface area contributed by atoms with Gasteiger partial charge in [0.2, 0.25) is 9.84 Å². The van der Waals surface area contributed by atoms with Gasteiger partial charge in [-0.1, -0.05) is 11.6 Å². The van der Waals surface area contributed by atoms with Crippen molar-refractivity contribution in [3.8, 4) is 11.5 Å². The predicted molar refractivity (Wildman–Crippen MR) is 115 cm³/mol. The molecule has 0 amide bonds. The first-order valence-corrected chi connectivity index (χ1v) is 11.2. The molecule has 0 unspecified atom stereocenters. The van der Waals surface area contributed by atoms with Gasteiger partial charge >= 0.3 is 0 Å². The van der Waals surface area contributed by atoms with Crippen LogP contribution in [0.1, 0.15) is 0 Å². The number of rotatable bonds is 5. The fourth-order valence-electron chi connectivity index (χ4n) is 3.55. The molecule has 1 saturated heterocycles. The molecule has 7 nitrogen and oxygen atoms in total. The van der Waals surface area contributed by atoms with Crippen molar-refractivity contribution in [3.63, 3.8) is 0 Å². The van der Waals surface area contributed by atoms with Crippen LogP contribution in [0.3, 0.4) is 0 Å². The van der Waals surface area contributed by atoms with Crippen LogP contribution >= 0.6 is 11.6 Å². The highest BCUT2D eigenvalue weighted by atomic mass is 35.5. The summed E-state index contributed by atoms with van der Waals surface area (Å²) in [6, 6.07) is 9.81. The number of anilines is 1. The summed E-state index contributed by atoms with van der Waals surface area (Å²) >= 11 is 6.24. The van der Waals surface area contributed by atoms with Gasteiger partial charge in [-0.3, -0.25) is 4.98 Å². The van der Waals surface area contributed by atoms with E-state index in [1.807, 2.05) is 4.90 Å². The number of methoxy groups -OCH3 is 2. The molecule has 0 bridgehead atoms. The number of hydrogen-bond donors (Lipinski definition) is 0. The van der Waals surface area contributed by atoms with E-state index in [0.29, 0.717) is 59.4 Å². The van der Waals surface area contributed by atoms with E-state index < -0.39 is 9.84 Å². The quantitative estimate of drug-likeness (QED) is 0.590. The Labute approximate surface area is 180 Å². The molecule has 0 N–H and O–H groups in total. The third-order valence-electron chi connectivity index (χ3n) is 5.05. The van der Waals surface area contributed by atoms with Crippen molar-refractivity contribution in [1.29, 1.82) is 0 Å². The van der Waals surface area contributed by atoms with Gasteiger partial charge in [-0.15, -0.1) is 0 Å². The Hall–Kier alpha value is -2.55. The lowest BCUT2D eigenvalue weighted by molar-refractivity contribution is 0.122. The molecule has 1 aliphatic rings. The van der Waals surface area contributed by atoms with Crippen LogP contribution in [0.4, 0.5) is 5.69 Å². The lowest BCUT2D eigenvalue weighted by Crippen LogP contribution is -2.37. The second-order valence-electron chi connectivity index (χ2n) is 6.75. The zero-order chi connectivity index (χ0) is 21.3. The van der Waals surface area contributed by atoms with Crippen molar-refractivity contribution in [3.05, 3.63) is 47.6 Å². The van der Waals surface area contributed by atoms with Crippen molar-refractivity contribution < 1.29 is 22.6 Å². The van der Waals surface area contributed by atoms with Crippen LogP contribution in [0.25, 0.3) is 10.9 Å². The van der Waals surface area contributed by atoms with Crippen LogP contribution < -0.4 is 14.4 Å². The summed E-state index contributed by atoms with van der Waals surface area (Å²) in [4.78, 5) is 6.62. The zero-order valence-electron chi connectivity index (χ0n) is 16.6. The Kier molecular flexibility index (Phi) is 5.73. The Morgan fingerprint density at radius 2 is 1.77 bits per heavy atom. The van der Waals surface area contributed by atoms with Crippen molar-refractivity contribution in [1.82, 2.24) is 4.98 Å². The maximum Gasteiger partial charge on any atom is 0.210 e. The normalized spacial score (nSPS) is 14.7. The molecule has 0 radical (unpaired) electrons. The first-order chi connectivity index (χ1) is 14.5. The first kappa shape index (κ1) is 20.7. The minimum Gasteiger partial charge on any atom is -0.493 e.